The molecule has 0 aliphatic rings. The Bertz CT molecular complexity index is 244. The zero-order valence-corrected chi connectivity index (χ0v) is 10.2. The van der Waals surface area contributed by atoms with Crippen LogP contribution in [0.2, 0.25) is 0 Å². The summed E-state index contributed by atoms with van der Waals surface area (Å²) in [5, 5.41) is 0. The molecule has 0 aliphatic carbocycles. The van der Waals surface area contributed by atoms with Crippen LogP contribution in [0.5, 0.6) is 0 Å². The SMILES string of the molecule is CCC#CC#CCCCOCCC(C)C. The van der Waals surface area contributed by atoms with Crippen molar-refractivity contribution in [3.63, 3.8) is 0 Å². The van der Waals surface area contributed by atoms with Gasteiger partial charge in [-0.3, -0.25) is 0 Å². The topological polar surface area (TPSA) is 9.23 Å². The van der Waals surface area contributed by atoms with E-state index in [-0.39, 0.29) is 0 Å². The zero-order chi connectivity index (χ0) is 11.4. The van der Waals surface area contributed by atoms with Crippen LogP contribution >= 0.6 is 0 Å². The van der Waals surface area contributed by atoms with Gasteiger partial charge in [-0.25, -0.2) is 0 Å². The fraction of sp³-hybridized carbons (Fsp3) is 0.714. The third-order valence-electron chi connectivity index (χ3n) is 1.85. The maximum absolute atomic E-state index is 5.47. The van der Waals surface area contributed by atoms with Gasteiger partial charge in [0, 0.05) is 26.1 Å². The zero-order valence-electron chi connectivity index (χ0n) is 10.2. The molecule has 0 saturated carbocycles. The minimum atomic E-state index is 0.731. The van der Waals surface area contributed by atoms with Crippen molar-refractivity contribution in [2.45, 2.75) is 46.5 Å². The van der Waals surface area contributed by atoms with Gasteiger partial charge in [-0.15, -0.1) is 0 Å². The Morgan fingerprint density at radius 2 is 1.80 bits per heavy atom. The molecular formula is C14H22O. The van der Waals surface area contributed by atoms with Gasteiger partial charge in [0.05, 0.1) is 0 Å². The highest BCUT2D eigenvalue weighted by Gasteiger charge is 1.92. The monoisotopic (exact) mass is 206 g/mol. The van der Waals surface area contributed by atoms with E-state index in [0.717, 1.165) is 44.8 Å². The van der Waals surface area contributed by atoms with Gasteiger partial charge >= 0.3 is 0 Å². The molecule has 1 heteroatoms. The van der Waals surface area contributed by atoms with Gasteiger partial charge in [0.2, 0.25) is 0 Å². The van der Waals surface area contributed by atoms with E-state index in [4.69, 9.17) is 4.74 Å². The molecular weight excluding hydrogens is 184 g/mol. The highest BCUT2D eigenvalue weighted by Crippen LogP contribution is 1.99. The summed E-state index contributed by atoms with van der Waals surface area (Å²) in [7, 11) is 0. The number of ether oxygens (including phenoxy) is 1. The van der Waals surface area contributed by atoms with Crippen LogP contribution in [0.25, 0.3) is 0 Å². The Morgan fingerprint density at radius 3 is 2.47 bits per heavy atom. The maximum Gasteiger partial charge on any atom is 0.0475 e. The predicted octanol–water partition coefficient (Wildman–Crippen LogP) is 3.25. The average molecular weight is 206 g/mol. The predicted molar refractivity (Wildman–Crippen MR) is 65.4 cm³/mol. The molecule has 0 bridgehead atoms. The molecule has 0 aromatic carbocycles. The Labute approximate surface area is 94.6 Å². The lowest BCUT2D eigenvalue weighted by Crippen LogP contribution is -2.00. The lowest BCUT2D eigenvalue weighted by Gasteiger charge is -2.04. The number of rotatable bonds is 6. The summed E-state index contributed by atoms with van der Waals surface area (Å²) in [6, 6.07) is 0. The van der Waals surface area contributed by atoms with E-state index in [1.807, 2.05) is 6.92 Å². The van der Waals surface area contributed by atoms with E-state index in [9.17, 15) is 0 Å². The first-order valence-electron chi connectivity index (χ1n) is 5.80. The van der Waals surface area contributed by atoms with Crippen LogP contribution in [-0.4, -0.2) is 13.2 Å². The van der Waals surface area contributed by atoms with Gasteiger partial charge in [0.1, 0.15) is 0 Å². The van der Waals surface area contributed by atoms with Crippen LogP contribution in [-0.2, 0) is 4.74 Å². The summed E-state index contributed by atoms with van der Waals surface area (Å²) in [6.45, 7) is 8.14. The van der Waals surface area contributed by atoms with E-state index < -0.39 is 0 Å². The highest BCUT2D eigenvalue weighted by atomic mass is 16.5. The van der Waals surface area contributed by atoms with Gasteiger partial charge in [0.15, 0.2) is 0 Å². The highest BCUT2D eigenvalue weighted by molar-refractivity contribution is 5.25. The third-order valence-corrected chi connectivity index (χ3v) is 1.85. The van der Waals surface area contributed by atoms with Crippen molar-refractivity contribution in [2.24, 2.45) is 5.92 Å². The molecule has 0 spiro atoms. The molecule has 0 N–H and O–H groups in total. The molecule has 0 heterocycles. The Kier molecular flexibility index (Phi) is 10.5. The van der Waals surface area contributed by atoms with E-state index in [0.29, 0.717) is 0 Å². The molecule has 0 saturated heterocycles. The minimum absolute atomic E-state index is 0.731. The van der Waals surface area contributed by atoms with Crippen molar-refractivity contribution in [1.82, 2.24) is 0 Å². The first-order valence-corrected chi connectivity index (χ1v) is 5.80. The lowest BCUT2D eigenvalue weighted by molar-refractivity contribution is 0.122. The Hall–Kier alpha value is -0.920. The van der Waals surface area contributed by atoms with Crippen LogP contribution in [0.3, 0.4) is 0 Å². The lowest BCUT2D eigenvalue weighted by atomic mass is 10.1. The smallest absolute Gasteiger partial charge is 0.0475 e. The van der Waals surface area contributed by atoms with E-state index in [1.165, 1.54) is 0 Å². The maximum atomic E-state index is 5.47. The molecule has 0 radical (unpaired) electrons. The Morgan fingerprint density at radius 1 is 1.07 bits per heavy atom. The standard InChI is InChI=1S/C14H22O/c1-4-5-6-7-8-9-10-12-15-13-11-14(2)3/h14H,4,9-13H2,1-3H3. The van der Waals surface area contributed by atoms with Crippen molar-refractivity contribution in [1.29, 1.82) is 0 Å². The van der Waals surface area contributed by atoms with Gasteiger partial charge in [-0.05, 0) is 30.6 Å². The largest absolute Gasteiger partial charge is 0.381 e. The second kappa shape index (κ2) is 11.2. The number of hydrogen-bond donors (Lipinski definition) is 0. The van der Waals surface area contributed by atoms with Gasteiger partial charge in [-0.2, -0.15) is 0 Å². The summed E-state index contributed by atoms with van der Waals surface area (Å²) in [6.07, 6.45) is 3.93. The molecule has 0 atom stereocenters. The fourth-order valence-corrected chi connectivity index (χ4v) is 0.923. The van der Waals surface area contributed by atoms with Crippen LogP contribution in [0.1, 0.15) is 46.5 Å². The average Bonchev–Trinajstić information content (AvgIpc) is 2.20. The summed E-state index contributed by atoms with van der Waals surface area (Å²) >= 11 is 0. The molecule has 0 amide bonds. The van der Waals surface area contributed by atoms with Gasteiger partial charge < -0.3 is 4.74 Å². The summed E-state index contributed by atoms with van der Waals surface area (Å²) in [4.78, 5) is 0. The Balaban J connectivity index is 3.20. The minimum Gasteiger partial charge on any atom is -0.381 e. The molecule has 0 unspecified atom stereocenters. The summed E-state index contributed by atoms with van der Waals surface area (Å²) < 4.78 is 5.47. The van der Waals surface area contributed by atoms with Crippen LogP contribution in [0, 0.1) is 29.6 Å². The normalized spacial score (nSPS) is 9.07. The van der Waals surface area contributed by atoms with Crippen molar-refractivity contribution >= 4 is 0 Å². The molecule has 0 rings (SSSR count). The number of unbranched alkanes of at least 4 members (excludes halogenated alkanes) is 1. The van der Waals surface area contributed by atoms with Crippen molar-refractivity contribution in [2.75, 3.05) is 13.2 Å². The molecule has 0 aliphatic heterocycles. The van der Waals surface area contributed by atoms with Crippen molar-refractivity contribution < 1.29 is 4.74 Å². The van der Waals surface area contributed by atoms with E-state index in [2.05, 4.69) is 37.5 Å². The van der Waals surface area contributed by atoms with Crippen molar-refractivity contribution in [3.8, 4) is 23.7 Å². The van der Waals surface area contributed by atoms with Crippen LogP contribution in [0.4, 0.5) is 0 Å². The molecule has 0 aromatic rings. The summed E-state index contributed by atoms with van der Waals surface area (Å²) in [5.41, 5.74) is 0. The number of hydrogen-bond acceptors (Lipinski definition) is 1. The van der Waals surface area contributed by atoms with E-state index in [1.54, 1.807) is 0 Å². The second-order valence-electron chi connectivity index (χ2n) is 3.86. The van der Waals surface area contributed by atoms with Crippen LogP contribution < -0.4 is 0 Å². The third kappa shape index (κ3) is 13.1. The molecule has 0 aromatic heterocycles. The van der Waals surface area contributed by atoms with Gasteiger partial charge in [-0.1, -0.05) is 32.6 Å². The molecule has 84 valence electrons. The van der Waals surface area contributed by atoms with Crippen LogP contribution in [0.15, 0.2) is 0 Å². The van der Waals surface area contributed by atoms with Crippen molar-refractivity contribution in [3.05, 3.63) is 0 Å². The first-order chi connectivity index (χ1) is 7.27. The van der Waals surface area contributed by atoms with E-state index >= 15 is 0 Å². The molecule has 15 heavy (non-hydrogen) atoms. The quantitative estimate of drug-likeness (QED) is 0.479. The second-order valence-corrected chi connectivity index (χ2v) is 3.86. The molecule has 0 fully saturated rings. The first kappa shape index (κ1) is 14.1. The molecule has 1 nitrogen and oxygen atoms in total. The van der Waals surface area contributed by atoms with Gasteiger partial charge in [0.25, 0.3) is 0 Å². The summed E-state index contributed by atoms with van der Waals surface area (Å²) in [5.74, 6) is 12.3. The fourth-order valence-electron chi connectivity index (χ4n) is 0.923.